The summed E-state index contributed by atoms with van der Waals surface area (Å²) < 4.78 is 5.70. The van der Waals surface area contributed by atoms with Gasteiger partial charge in [0.05, 0.1) is 12.2 Å². The normalized spacial score (nSPS) is 13.7. The van der Waals surface area contributed by atoms with Crippen LogP contribution in [0.4, 0.5) is 0 Å². The van der Waals surface area contributed by atoms with E-state index in [-0.39, 0.29) is 12.5 Å². The fraction of sp³-hybridized carbons (Fsp3) is 0.182. The highest BCUT2D eigenvalue weighted by Gasteiger charge is 2.23. The zero-order chi connectivity index (χ0) is 17.9. The standard InChI is InChI=1S/C22H20N2O2/c1-16-7-5-6-10-18(16)19-11-12-21-20(23-19)14-24(22(25)15-26-21)13-17-8-3-2-4-9-17/h2-12H,13-15H2,1H3. The SMILES string of the molecule is Cc1ccccc1-c1ccc2c(n1)CN(Cc1ccccc1)C(=O)CO2. The number of pyridine rings is 1. The lowest BCUT2D eigenvalue weighted by molar-refractivity contribution is -0.133. The van der Waals surface area contributed by atoms with Crippen molar-refractivity contribution in [1.82, 2.24) is 9.88 Å². The molecule has 0 unspecified atom stereocenters. The topological polar surface area (TPSA) is 42.4 Å². The molecule has 1 amide bonds. The predicted molar refractivity (Wildman–Crippen MR) is 101 cm³/mol. The first kappa shape index (κ1) is 16.3. The molecule has 1 aliphatic rings. The maximum absolute atomic E-state index is 12.5. The van der Waals surface area contributed by atoms with Crippen LogP contribution in [0.5, 0.6) is 5.75 Å². The fourth-order valence-electron chi connectivity index (χ4n) is 3.19. The summed E-state index contributed by atoms with van der Waals surface area (Å²) >= 11 is 0. The summed E-state index contributed by atoms with van der Waals surface area (Å²) in [4.78, 5) is 19.1. The lowest BCUT2D eigenvalue weighted by Gasteiger charge is -2.20. The number of aryl methyl sites for hydroxylation is 1. The molecule has 0 spiro atoms. The molecule has 0 aliphatic carbocycles. The molecular formula is C22H20N2O2. The Bertz CT molecular complexity index is 938. The number of ether oxygens (including phenoxy) is 1. The van der Waals surface area contributed by atoms with E-state index in [2.05, 4.69) is 19.1 Å². The monoisotopic (exact) mass is 344 g/mol. The van der Waals surface area contributed by atoms with Gasteiger partial charge in [0.1, 0.15) is 11.4 Å². The zero-order valence-corrected chi connectivity index (χ0v) is 14.7. The first-order valence-electron chi connectivity index (χ1n) is 8.71. The fourth-order valence-corrected chi connectivity index (χ4v) is 3.19. The number of nitrogens with zero attached hydrogens (tertiary/aromatic N) is 2. The van der Waals surface area contributed by atoms with Crippen molar-refractivity contribution in [2.45, 2.75) is 20.0 Å². The Kier molecular flexibility index (Phi) is 4.40. The van der Waals surface area contributed by atoms with Crippen LogP contribution in [-0.2, 0) is 17.9 Å². The molecule has 26 heavy (non-hydrogen) atoms. The maximum Gasteiger partial charge on any atom is 0.261 e. The Hall–Kier alpha value is -3.14. The Morgan fingerprint density at radius 3 is 2.58 bits per heavy atom. The molecule has 4 heteroatoms. The maximum atomic E-state index is 12.5. The van der Waals surface area contributed by atoms with Crippen LogP contribution in [0, 0.1) is 6.92 Å². The van der Waals surface area contributed by atoms with Crippen molar-refractivity contribution in [1.29, 1.82) is 0 Å². The van der Waals surface area contributed by atoms with E-state index in [1.807, 2.05) is 54.6 Å². The van der Waals surface area contributed by atoms with Crippen molar-refractivity contribution in [3.63, 3.8) is 0 Å². The van der Waals surface area contributed by atoms with E-state index in [1.54, 1.807) is 4.90 Å². The molecule has 2 aromatic carbocycles. The number of benzene rings is 2. The molecule has 0 fully saturated rings. The number of hydrogen-bond acceptors (Lipinski definition) is 3. The van der Waals surface area contributed by atoms with E-state index in [0.29, 0.717) is 18.8 Å². The van der Waals surface area contributed by atoms with Gasteiger partial charge in [-0.2, -0.15) is 0 Å². The highest BCUT2D eigenvalue weighted by molar-refractivity contribution is 5.78. The van der Waals surface area contributed by atoms with Gasteiger partial charge in [-0.1, -0.05) is 54.6 Å². The summed E-state index contributed by atoms with van der Waals surface area (Å²) in [7, 11) is 0. The molecule has 0 bridgehead atoms. The molecule has 4 rings (SSSR count). The molecule has 2 heterocycles. The average Bonchev–Trinajstić information content (AvgIpc) is 2.82. The molecule has 0 radical (unpaired) electrons. The van der Waals surface area contributed by atoms with E-state index < -0.39 is 0 Å². The Morgan fingerprint density at radius 2 is 1.77 bits per heavy atom. The van der Waals surface area contributed by atoms with Crippen LogP contribution in [0.1, 0.15) is 16.8 Å². The average molecular weight is 344 g/mol. The smallest absolute Gasteiger partial charge is 0.261 e. The number of hydrogen-bond donors (Lipinski definition) is 0. The molecular weight excluding hydrogens is 324 g/mol. The summed E-state index contributed by atoms with van der Waals surface area (Å²) in [5.74, 6) is 0.663. The summed E-state index contributed by atoms with van der Waals surface area (Å²) in [5.41, 5.74) is 5.07. The largest absolute Gasteiger partial charge is 0.482 e. The number of rotatable bonds is 3. The van der Waals surface area contributed by atoms with Crippen LogP contribution >= 0.6 is 0 Å². The number of aromatic nitrogens is 1. The lowest BCUT2D eigenvalue weighted by Crippen LogP contribution is -2.32. The molecule has 0 atom stereocenters. The van der Waals surface area contributed by atoms with E-state index in [4.69, 9.17) is 9.72 Å². The second kappa shape index (κ2) is 7.00. The molecule has 1 aromatic heterocycles. The second-order valence-electron chi connectivity index (χ2n) is 6.48. The van der Waals surface area contributed by atoms with E-state index in [1.165, 1.54) is 5.56 Å². The van der Waals surface area contributed by atoms with E-state index >= 15 is 0 Å². The van der Waals surface area contributed by atoms with Crippen LogP contribution in [-0.4, -0.2) is 22.4 Å². The minimum absolute atomic E-state index is 0.0238. The Morgan fingerprint density at radius 1 is 1.00 bits per heavy atom. The molecule has 1 aliphatic heterocycles. The van der Waals surface area contributed by atoms with E-state index in [9.17, 15) is 4.79 Å². The van der Waals surface area contributed by atoms with Gasteiger partial charge in [0.2, 0.25) is 0 Å². The molecule has 130 valence electrons. The van der Waals surface area contributed by atoms with Gasteiger partial charge >= 0.3 is 0 Å². The Balaban J connectivity index is 1.66. The lowest BCUT2D eigenvalue weighted by atomic mass is 10.0. The summed E-state index contributed by atoms with van der Waals surface area (Å²) in [6.45, 7) is 3.12. The number of carbonyl (C=O) groups is 1. The summed E-state index contributed by atoms with van der Waals surface area (Å²) in [6.07, 6.45) is 0. The summed E-state index contributed by atoms with van der Waals surface area (Å²) in [6, 6.07) is 22.0. The zero-order valence-electron chi connectivity index (χ0n) is 14.7. The van der Waals surface area contributed by atoms with Crippen molar-refractivity contribution in [3.8, 4) is 17.0 Å². The van der Waals surface area contributed by atoms with Gasteiger partial charge in [0, 0.05) is 12.1 Å². The molecule has 3 aromatic rings. The van der Waals surface area contributed by atoms with Gasteiger partial charge in [-0.3, -0.25) is 4.79 Å². The molecule has 0 saturated carbocycles. The van der Waals surface area contributed by atoms with Gasteiger partial charge in [0.25, 0.3) is 5.91 Å². The van der Waals surface area contributed by atoms with Crippen LogP contribution in [0.2, 0.25) is 0 Å². The second-order valence-corrected chi connectivity index (χ2v) is 6.48. The van der Waals surface area contributed by atoms with Crippen molar-refractivity contribution >= 4 is 5.91 Å². The number of carbonyl (C=O) groups excluding carboxylic acids is 1. The van der Waals surface area contributed by atoms with Gasteiger partial charge in [-0.05, 0) is 30.2 Å². The minimum Gasteiger partial charge on any atom is -0.482 e. The predicted octanol–water partition coefficient (Wildman–Crippen LogP) is 3.98. The Labute approximate surface area is 153 Å². The first-order valence-corrected chi connectivity index (χ1v) is 8.71. The third-order valence-corrected chi connectivity index (χ3v) is 4.61. The van der Waals surface area contributed by atoms with Crippen LogP contribution < -0.4 is 4.74 Å². The van der Waals surface area contributed by atoms with Gasteiger partial charge in [-0.15, -0.1) is 0 Å². The van der Waals surface area contributed by atoms with Crippen molar-refractivity contribution < 1.29 is 9.53 Å². The van der Waals surface area contributed by atoms with Crippen molar-refractivity contribution in [2.75, 3.05) is 6.61 Å². The van der Waals surface area contributed by atoms with Crippen molar-refractivity contribution in [2.24, 2.45) is 0 Å². The highest BCUT2D eigenvalue weighted by Crippen LogP contribution is 2.28. The number of amides is 1. The number of fused-ring (bicyclic) bond motifs is 1. The first-order chi connectivity index (χ1) is 12.7. The van der Waals surface area contributed by atoms with Gasteiger partial charge in [0.15, 0.2) is 6.61 Å². The summed E-state index contributed by atoms with van der Waals surface area (Å²) in [5, 5.41) is 0. The highest BCUT2D eigenvalue weighted by atomic mass is 16.5. The van der Waals surface area contributed by atoms with E-state index in [0.717, 1.165) is 22.5 Å². The van der Waals surface area contributed by atoms with Crippen LogP contribution in [0.3, 0.4) is 0 Å². The van der Waals surface area contributed by atoms with Crippen LogP contribution in [0.15, 0.2) is 66.7 Å². The van der Waals surface area contributed by atoms with Gasteiger partial charge < -0.3 is 9.64 Å². The molecule has 0 N–H and O–H groups in total. The van der Waals surface area contributed by atoms with Gasteiger partial charge in [-0.25, -0.2) is 4.98 Å². The molecule has 0 saturated heterocycles. The quantitative estimate of drug-likeness (QED) is 0.722. The minimum atomic E-state index is -0.0238. The van der Waals surface area contributed by atoms with Crippen molar-refractivity contribution in [3.05, 3.63) is 83.6 Å². The third-order valence-electron chi connectivity index (χ3n) is 4.61. The third kappa shape index (κ3) is 3.31. The molecule has 4 nitrogen and oxygen atoms in total. The van der Waals surface area contributed by atoms with Crippen LogP contribution in [0.25, 0.3) is 11.3 Å².